The molecule has 0 atom stereocenters. The van der Waals surface area contributed by atoms with Gasteiger partial charge in [0.15, 0.2) is 11.2 Å². The smallest absolute Gasteiger partial charge is 0.178 e. The zero-order valence-electron chi connectivity index (χ0n) is 10.0. The second-order valence-corrected chi connectivity index (χ2v) is 5.42. The van der Waals surface area contributed by atoms with Gasteiger partial charge in [-0.25, -0.2) is 0 Å². The lowest BCUT2D eigenvalue weighted by atomic mass is 9.91. The van der Waals surface area contributed by atoms with Gasteiger partial charge >= 0.3 is 0 Å². The lowest BCUT2D eigenvalue weighted by Gasteiger charge is -2.10. The van der Waals surface area contributed by atoms with Crippen molar-refractivity contribution in [1.82, 2.24) is 0 Å². The van der Waals surface area contributed by atoms with E-state index in [1.807, 2.05) is 0 Å². The second kappa shape index (κ2) is 2.43. The van der Waals surface area contributed by atoms with Gasteiger partial charge in [-0.05, 0) is 39.9 Å². The van der Waals surface area contributed by atoms with E-state index >= 15 is 0 Å². The maximum absolute atomic E-state index is 5.74. The number of hydrogen-bond donors (Lipinski definition) is 0. The Bertz CT molecular complexity index is 1140. The van der Waals surface area contributed by atoms with Crippen LogP contribution in [0.5, 0.6) is 0 Å². The van der Waals surface area contributed by atoms with Crippen LogP contribution in [0, 0.1) is 0 Å². The number of benzene rings is 4. The van der Waals surface area contributed by atoms with Gasteiger partial charge in [0, 0.05) is 21.7 Å². The molecule has 0 spiro atoms. The first-order chi connectivity index (χ1) is 9.42. The van der Waals surface area contributed by atoms with Gasteiger partial charge in [-0.2, -0.15) is 0 Å². The van der Waals surface area contributed by atoms with Crippen LogP contribution in [-0.4, -0.2) is 0 Å². The summed E-state index contributed by atoms with van der Waals surface area (Å²) in [4.78, 5) is 0. The van der Waals surface area contributed by atoms with E-state index in [2.05, 4.69) is 48.6 Å². The second-order valence-electron chi connectivity index (χ2n) is 5.42. The SMILES string of the molecule is C1=Cc2c3oc3c3ccc4cccc5cc1c2c3c45. The van der Waals surface area contributed by atoms with Crippen LogP contribution in [0.2, 0.25) is 0 Å². The highest BCUT2D eigenvalue weighted by Gasteiger charge is 2.25. The van der Waals surface area contributed by atoms with Crippen molar-refractivity contribution in [2.75, 3.05) is 0 Å². The van der Waals surface area contributed by atoms with Gasteiger partial charge in [0.2, 0.25) is 0 Å². The van der Waals surface area contributed by atoms with E-state index in [1.165, 1.54) is 43.4 Å². The lowest BCUT2D eigenvalue weighted by molar-refractivity contribution is 0.759. The molecule has 5 aromatic rings. The third-order valence-corrected chi connectivity index (χ3v) is 4.48. The Hall–Kier alpha value is -2.54. The van der Waals surface area contributed by atoms with Crippen molar-refractivity contribution in [3.05, 3.63) is 47.5 Å². The van der Waals surface area contributed by atoms with Gasteiger partial charge in [0.05, 0.1) is 0 Å². The standard InChI is InChI=1S/C18H8O/c1-2-9-4-6-13-16-14(9)10(3-1)8-11-5-7-12(15(11)16)17-18(13)19-17/h1-8H. The lowest BCUT2D eigenvalue weighted by Crippen LogP contribution is -1.85. The van der Waals surface area contributed by atoms with Crippen LogP contribution in [-0.2, 0) is 0 Å². The molecule has 0 radical (unpaired) electrons. The fourth-order valence-corrected chi connectivity index (χ4v) is 3.66. The first kappa shape index (κ1) is 8.54. The molecule has 0 unspecified atom stereocenters. The van der Waals surface area contributed by atoms with E-state index in [1.54, 1.807) is 0 Å². The summed E-state index contributed by atoms with van der Waals surface area (Å²) < 4.78 is 5.74. The van der Waals surface area contributed by atoms with E-state index in [9.17, 15) is 0 Å². The first-order valence-electron chi connectivity index (χ1n) is 6.55. The number of fused-ring (bicyclic) bond motifs is 3. The van der Waals surface area contributed by atoms with Crippen LogP contribution >= 0.6 is 0 Å². The Labute approximate surface area is 108 Å². The number of hydrogen-bond acceptors (Lipinski definition) is 1. The summed E-state index contributed by atoms with van der Waals surface area (Å²) in [5.74, 6) is 0. The Morgan fingerprint density at radius 2 is 1.68 bits per heavy atom. The molecule has 0 aliphatic heterocycles. The van der Waals surface area contributed by atoms with Crippen molar-refractivity contribution in [1.29, 1.82) is 0 Å². The summed E-state index contributed by atoms with van der Waals surface area (Å²) >= 11 is 0. The quantitative estimate of drug-likeness (QED) is 0.330. The van der Waals surface area contributed by atoms with Gasteiger partial charge in [-0.1, -0.05) is 30.3 Å². The average Bonchev–Trinajstić information content (AvgIpc) is 3.14. The van der Waals surface area contributed by atoms with Crippen molar-refractivity contribution in [2.24, 2.45) is 0 Å². The molecule has 19 heavy (non-hydrogen) atoms. The van der Waals surface area contributed by atoms with E-state index in [-0.39, 0.29) is 0 Å². The molecule has 6 rings (SSSR count). The molecule has 0 saturated heterocycles. The summed E-state index contributed by atoms with van der Waals surface area (Å²) in [5, 5.41) is 8.03. The monoisotopic (exact) mass is 240 g/mol. The summed E-state index contributed by atoms with van der Waals surface area (Å²) in [5.41, 5.74) is 4.76. The molecule has 1 aliphatic carbocycles. The Morgan fingerprint density at radius 1 is 0.737 bits per heavy atom. The summed E-state index contributed by atoms with van der Waals surface area (Å²) in [6.07, 6.45) is 4.40. The van der Waals surface area contributed by atoms with Gasteiger partial charge < -0.3 is 4.42 Å². The fraction of sp³-hybridized carbons (Fsp3) is 0. The molecule has 0 amide bonds. The topological polar surface area (TPSA) is 13.1 Å². The summed E-state index contributed by atoms with van der Waals surface area (Å²) in [6, 6.07) is 13.2. The fourth-order valence-electron chi connectivity index (χ4n) is 3.66. The van der Waals surface area contributed by atoms with Gasteiger partial charge in [0.1, 0.15) is 0 Å². The van der Waals surface area contributed by atoms with E-state index in [0.29, 0.717) is 0 Å². The van der Waals surface area contributed by atoms with Crippen LogP contribution in [0.3, 0.4) is 0 Å². The normalized spacial score (nSPS) is 14.1. The highest BCUT2D eigenvalue weighted by Crippen LogP contribution is 2.48. The molecule has 1 aliphatic rings. The largest absolute Gasteiger partial charge is 0.448 e. The van der Waals surface area contributed by atoms with E-state index in [0.717, 1.165) is 11.2 Å². The first-order valence-corrected chi connectivity index (χ1v) is 6.55. The zero-order chi connectivity index (χ0) is 12.1. The third kappa shape index (κ3) is 0.792. The predicted molar refractivity (Wildman–Crippen MR) is 80.0 cm³/mol. The van der Waals surface area contributed by atoms with Crippen LogP contribution in [0.25, 0.3) is 55.6 Å². The van der Waals surface area contributed by atoms with Crippen LogP contribution in [0.1, 0.15) is 11.1 Å². The highest BCUT2D eigenvalue weighted by molar-refractivity contribution is 6.34. The average molecular weight is 240 g/mol. The zero-order valence-corrected chi connectivity index (χ0v) is 10.0. The van der Waals surface area contributed by atoms with Gasteiger partial charge in [-0.3, -0.25) is 0 Å². The van der Waals surface area contributed by atoms with Crippen molar-refractivity contribution in [3.8, 4) is 0 Å². The molecule has 1 heteroatoms. The van der Waals surface area contributed by atoms with E-state index in [4.69, 9.17) is 4.42 Å². The Kier molecular flexibility index (Phi) is 1.09. The Balaban J connectivity index is 2.16. The molecule has 0 bridgehead atoms. The molecule has 0 saturated carbocycles. The molecule has 1 nitrogen and oxygen atoms in total. The minimum atomic E-state index is 1.08. The molecule has 1 aromatic heterocycles. The minimum Gasteiger partial charge on any atom is -0.448 e. The molecule has 0 fully saturated rings. The summed E-state index contributed by atoms with van der Waals surface area (Å²) in [6.45, 7) is 0. The van der Waals surface area contributed by atoms with Crippen molar-refractivity contribution in [2.45, 2.75) is 0 Å². The highest BCUT2D eigenvalue weighted by atomic mass is 16.4. The van der Waals surface area contributed by atoms with Crippen LogP contribution in [0.4, 0.5) is 0 Å². The molecular formula is C18H8O. The van der Waals surface area contributed by atoms with Gasteiger partial charge in [-0.15, -0.1) is 0 Å². The molecule has 86 valence electrons. The minimum absolute atomic E-state index is 1.08. The van der Waals surface area contributed by atoms with Crippen LogP contribution in [0.15, 0.2) is 40.8 Å². The molecule has 0 N–H and O–H groups in total. The van der Waals surface area contributed by atoms with Crippen LogP contribution < -0.4 is 0 Å². The number of rotatable bonds is 0. The molecule has 1 heterocycles. The van der Waals surface area contributed by atoms with E-state index < -0.39 is 0 Å². The molecule has 4 aromatic carbocycles. The maximum Gasteiger partial charge on any atom is 0.178 e. The Morgan fingerprint density at radius 3 is 2.68 bits per heavy atom. The summed E-state index contributed by atoms with van der Waals surface area (Å²) in [7, 11) is 0. The maximum atomic E-state index is 5.74. The van der Waals surface area contributed by atoms with Crippen molar-refractivity contribution in [3.63, 3.8) is 0 Å². The third-order valence-electron chi connectivity index (χ3n) is 4.48. The van der Waals surface area contributed by atoms with Crippen molar-refractivity contribution < 1.29 is 4.42 Å². The van der Waals surface area contributed by atoms with Crippen molar-refractivity contribution >= 4 is 55.6 Å². The van der Waals surface area contributed by atoms with Gasteiger partial charge in [0.25, 0.3) is 0 Å². The molecular weight excluding hydrogens is 232 g/mol. The predicted octanol–water partition coefficient (Wildman–Crippen LogP) is 5.25.